The van der Waals surface area contributed by atoms with Crippen molar-refractivity contribution >= 4 is 11.8 Å². The van der Waals surface area contributed by atoms with Gasteiger partial charge in [-0.1, -0.05) is 42.5 Å². The summed E-state index contributed by atoms with van der Waals surface area (Å²) in [6.07, 6.45) is 2.94. The molecule has 1 saturated heterocycles. The number of nitrogens with one attached hydrogen (secondary N) is 1. The lowest BCUT2D eigenvalue weighted by molar-refractivity contribution is -0.130. The average molecular weight is 447 g/mol. The number of likely N-dealkylation sites (tertiary alicyclic amines) is 1. The molecule has 1 aliphatic heterocycles. The summed E-state index contributed by atoms with van der Waals surface area (Å²) < 4.78 is 7.10. The largest absolute Gasteiger partial charge is 0.496 e. The topological polar surface area (TPSA) is 76.5 Å². The van der Waals surface area contributed by atoms with Crippen molar-refractivity contribution < 1.29 is 14.3 Å². The molecule has 1 N–H and O–H groups in total. The maximum atomic E-state index is 13.2. The van der Waals surface area contributed by atoms with Crippen LogP contribution in [-0.2, 0) is 18.3 Å². The average Bonchev–Trinajstić information content (AvgIpc) is 3.47. The van der Waals surface area contributed by atoms with Gasteiger partial charge in [-0.3, -0.25) is 14.3 Å². The van der Waals surface area contributed by atoms with Crippen LogP contribution in [-0.4, -0.2) is 53.2 Å². The fourth-order valence-electron chi connectivity index (χ4n) is 4.57. The molecule has 7 nitrogen and oxygen atoms in total. The highest BCUT2D eigenvalue weighted by molar-refractivity contribution is 5.93. The summed E-state index contributed by atoms with van der Waals surface area (Å²) in [5.41, 5.74) is 2.89. The third-order valence-corrected chi connectivity index (χ3v) is 6.31. The number of ether oxygens (including phenoxy) is 1. The SMILES string of the molecule is CCNC(=O)[C@]1(Cc2ccc(-c3ccccc3OC)cc2)CCN(C(=O)c2ccn(C)n2)C1. The Hall–Kier alpha value is -3.61. The van der Waals surface area contributed by atoms with E-state index in [9.17, 15) is 9.59 Å². The third-order valence-electron chi connectivity index (χ3n) is 6.31. The quantitative estimate of drug-likeness (QED) is 0.604. The molecule has 0 bridgehead atoms. The fourth-order valence-corrected chi connectivity index (χ4v) is 4.57. The van der Waals surface area contributed by atoms with Crippen molar-refractivity contribution in [2.45, 2.75) is 19.8 Å². The van der Waals surface area contributed by atoms with Crippen LogP contribution in [0, 0.1) is 5.41 Å². The van der Waals surface area contributed by atoms with Crippen molar-refractivity contribution in [2.75, 3.05) is 26.7 Å². The Morgan fingerprint density at radius 1 is 1.12 bits per heavy atom. The molecule has 2 aromatic carbocycles. The molecular formula is C26H30N4O3. The lowest BCUT2D eigenvalue weighted by Gasteiger charge is -2.28. The van der Waals surface area contributed by atoms with Crippen molar-refractivity contribution in [1.29, 1.82) is 0 Å². The van der Waals surface area contributed by atoms with Crippen LogP contribution in [0.5, 0.6) is 5.75 Å². The monoisotopic (exact) mass is 446 g/mol. The number of aromatic nitrogens is 2. The van der Waals surface area contributed by atoms with E-state index in [-0.39, 0.29) is 11.8 Å². The third kappa shape index (κ3) is 4.62. The van der Waals surface area contributed by atoms with Crippen LogP contribution in [0.15, 0.2) is 60.8 Å². The Balaban J connectivity index is 1.56. The van der Waals surface area contributed by atoms with Crippen LogP contribution in [0.2, 0.25) is 0 Å². The summed E-state index contributed by atoms with van der Waals surface area (Å²) >= 11 is 0. The fraction of sp³-hybridized carbons (Fsp3) is 0.346. The number of hydrogen-bond donors (Lipinski definition) is 1. The van der Waals surface area contributed by atoms with E-state index in [1.54, 1.807) is 36.0 Å². The lowest BCUT2D eigenvalue weighted by Crippen LogP contribution is -2.45. The van der Waals surface area contributed by atoms with Gasteiger partial charge < -0.3 is 15.0 Å². The van der Waals surface area contributed by atoms with Gasteiger partial charge in [0.05, 0.1) is 12.5 Å². The molecule has 1 fully saturated rings. The van der Waals surface area contributed by atoms with Crippen LogP contribution in [0.25, 0.3) is 11.1 Å². The minimum Gasteiger partial charge on any atom is -0.496 e. The zero-order valence-electron chi connectivity index (χ0n) is 19.4. The predicted octanol–water partition coefficient (Wildman–Crippen LogP) is 3.31. The van der Waals surface area contributed by atoms with Crippen LogP contribution in [0.4, 0.5) is 0 Å². The van der Waals surface area contributed by atoms with Gasteiger partial charge in [0.15, 0.2) is 0 Å². The van der Waals surface area contributed by atoms with Crippen LogP contribution in [0.3, 0.4) is 0 Å². The summed E-state index contributed by atoms with van der Waals surface area (Å²) in [4.78, 5) is 27.9. The van der Waals surface area contributed by atoms with E-state index in [2.05, 4.69) is 34.7 Å². The highest BCUT2D eigenvalue weighted by atomic mass is 16.5. The van der Waals surface area contributed by atoms with Gasteiger partial charge in [-0.05, 0) is 43.0 Å². The molecule has 1 aromatic heterocycles. The maximum absolute atomic E-state index is 13.2. The molecule has 0 radical (unpaired) electrons. The van der Waals surface area contributed by atoms with E-state index in [4.69, 9.17) is 4.74 Å². The number of carbonyl (C=O) groups is 2. The lowest BCUT2D eigenvalue weighted by atomic mass is 9.79. The smallest absolute Gasteiger partial charge is 0.274 e. The number of carbonyl (C=O) groups excluding carboxylic acids is 2. The van der Waals surface area contributed by atoms with Crippen LogP contribution in [0.1, 0.15) is 29.4 Å². The number of para-hydroxylation sites is 1. The Morgan fingerprint density at radius 2 is 1.88 bits per heavy atom. The predicted molar refractivity (Wildman–Crippen MR) is 127 cm³/mol. The second kappa shape index (κ2) is 9.48. The van der Waals surface area contributed by atoms with Gasteiger partial charge in [-0.15, -0.1) is 0 Å². The molecular weight excluding hydrogens is 416 g/mol. The molecule has 7 heteroatoms. The molecule has 172 valence electrons. The summed E-state index contributed by atoms with van der Waals surface area (Å²) in [6, 6.07) is 17.9. The van der Waals surface area contributed by atoms with E-state index >= 15 is 0 Å². The summed E-state index contributed by atoms with van der Waals surface area (Å²) in [6.45, 7) is 3.38. The van der Waals surface area contributed by atoms with Gasteiger partial charge >= 0.3 is 0 Å². The van der Waals surface area contributed by atoms with Gasteiger partial charge in [0, 0.05) is 38.4 Å². The molecule has 1 aliphatic rings. The molecule has 33 heavy (non-hydrogen) atoms. The Kier molecular flexibility index (Phi) is 6.49. The number of benzene rings is 2. The van der Waals surface area contributed by atoms with E-state index in [1.807, 2.05) is 31.2 Å². The Morgan fingerprint density at radius 3 is 2.55 bits per heavy atom. The number of rotatable bonds is 7. The van der Waals surface area contributed by atoms with E-state index in [0.717, 1.165) is 22.4 Å². The first-order chi connectivity index (χ1) is 16.0. The molecule has 4 rings (SSSR count). The van der Waals surface area contributed by atoms with E-state index in [0.29, 0.717) is 38.2 Å². The minimum absolute atomic E-state index is 0.00451. The van der Waals surface area contributed by atoms with Gasteiger partial charge in [-0.2, -0.15) is 5.10 Å². The van der Waals surface area contributed by atoms with Crippen molar-refractivity contribution in [3.8, 4) is 16.9 Å². The molecule has 0 unspecified atom stereocenters. The number of nitrogens with zero attached hydrogens (tertiary/aromatic N) is 3. The number of amides is 2. The Labute approximate surface area is 194 Å². The highest BCUT2D eigenvalue weighted by Crippen LogP contribution is 2.36. The van der Waals surface area contributed by atoms with Gasteiger partial charge in [0.1, 0.15) is 11.4 Å². The highest BCUT2D eigenvalue weighted by Gasteiger charge is 2.46. The molecule has 0 spiro atoms. The number of aryl methyl sites for hydroxylation is 1. The van der Waals surface area contributed by atoms with Crippen LogP contribution >= 0.6 is 0 Å². The van der Waals surface area contributed by atoms with Crippen LogP contribution < -0.4 is 10.1 Å². The zero-order chi connectivity index (χ0) is 23.4. The summed E-state index contributed by atoms with van der Waals surface area (Å²) in [7, 11) is 3.45. The van der Waals surface area contributed by atoms with Gasteiger partial charge in [-0.25, -0.2) is 0 Å². The van der Waals surface area contributed by atoms with Crippen molar-refractivity contribution in [2.24, 2.45) is 12.5 Å². The molecule has 0 aliphatic carbocycles. The normalized spacial score (nSPS) is 17.7. The first-order valence-corrected chi connectivity index (χ1v) is 11.3. The second-order valence-corrected chi connectivity index (χ2v) is 8.57. The molecule has 2 heterocycles. The molecule has 0 saturated carbocycles. The second-order valence-electron chi connectivity index (χ2n) is 8.57. The van der Waals surface area contributed by atoms with Crippen molar-refractivity contribution in [1.82, 2.24) is 20.0 Å². The molecule has 1 atom stereocenters. The summed E-state index contributed by atoms with van der Waals surface area (Å²) in [5, 5.41) is 7.23. The van der Waals surface area contributed by atoms with E-state index < -0.39 is 5.41 Å². The van der Waals surface area contributed by atoms with Crippen molar-refractivity contribution in [3.05, 3.63) is 72.1 Å². The summed E-state index contributed by atoms with van der Waals surface area (Å²) in [5.74, 6) is 0.687. The van der Waals surface area contributed by atoms with E-state index in [1.165, 1.54) is 0 Å². The molecule has 3 aromatic rings. The first kappa shape index (κ1) is 22.6. The standard InChI is InChI=1S/C26H30N4O3/c1-4-27-25(32)26(14-16-30(18-26)24(31)22-13-15-29(2)28-22)17-19-9-11-20(12-10-19)21-7-5-6-8-23(21)33-3/h5-13,15H,4,14,16-18H2,1-3H3,(H,27,32)/t26-/m0/s1. The van der Waals surface area contributed by atoms with Gasteiger partial charge in [0.25, 0.3) is 5.91 Å². The Bertz CT molecular complexity index is 1140. The zero-order valence-corrected chi connectivity index (χ0v) is 19.4. The maximum Gasteiger partial charge on any atom is 0.274 e. The van der Waals surface area contributed by atoms with Gasteiger partial charge in [0.2, 0.25) is 5.91 Å². The van der Waals surface area contributed by atoms with Crippen molar-refractivity contribution in [3.63, 3.8) is 0 Å². The number of methoxy groups -OCH3 is 1. The first-order valence-electron chi connectivity index (χ1n) is 11.3. The minimum atomic E-state index is -0.660. The molecule has 2 amide bonds. The number of hydrogen-bond acceptors (Lipinski definition) is 4.